The van der Waals surface area contributed by atoms with Gasteiger partial charge in [0, 0.05) is 18.0 Å². The van der Waals surface area contributed by atoms with Crippen LogP contribution in [0.4, 0.5) is 0 Å². The molecule has 2 heteroatoms. The van der Waals surface area contributed by atoms with E-state index in [9.17, 15) is 0 Å². The highest BCUT2D eigenvalue weighted by Gasteiger charge is 1.97. The van der Waals surface area contributed by atoms with Crippen molar-refractivity contribution in [2.45, 2.75) is 26.8 Å². The Hall–Kier alpha value is -1.12. The fourth-order valence-corrected chi connectivity index (χ4v) is 2.78. The van der Waals surface area contributed by atoms with Crippen LogP contribution in [0.25, 0.3) is 0 Å². The Labute approximate surface area is 108 Å². The lowest BCUT2D eigenvalue weighted by molar-refractivity contribution is 0.690. The molecule has 0 unspecified atom stereocenters. The third-order valence-corrected chi connectivity index (χ3v) is 3.68. The molecular formula is C15H19NS. The first-order valence-corrected chi connectivity index (χ1v) is 6.92. The van der Waals surface area contributed by atoms with Crippen molar-refractivity contribution < 1.29 is 0 Å². The van der Waals surface area contributed by atoms with Crippen LogP contribution in [0.15, 0.2) is 35.7 Å². The summed E-state index contributed by atoms with van der Waals surface area (Å²) >= 11 is 1.83. The normalized spacial score (nSPS) is 10.7. The highest BCUT2D eigenvalue weighted by atomic mass is 32.1. The standard InChI is InChI=1S/C15H19NS/c1-12-8-13(2)10-14(9-12)11-16-6-5-15-4-3-7-17-15/h3-4,7-10,16H,5-6,11H2,1-2H3. The number of aryl methyl sites for hydroxylation is 2. The lowest BCUT2D eigenvalue weighted by Gasteiger charge is -2.06. The molecular weight excluding hydrogens is 226 g/mol. The summed E-state index contributed by atoms with van der Waals surface area (Å²) in [5.41, 5.74) is 4.08. The molecule has 2 rings (SSSR count). The number of rotatable bonds is 5. The number of thiophene rings is 1. The predicted octanol–water partition coefficient (Wildman–Crippen LogP) is 3.70. The van der Waals surface area contributed by atoms with Gasteiger partial charge in [0.1, 0.15) is 0 Å². The smallest absolute Gasteiger partial charge is 0.0205 e. The van der Waals surface area contributed by atoms with Crippen LogP contribution >= 0.6 is 11.3 Å². The van der Waals surface area contributed by atoms with Crippen LogP contribution in [0.1, 0.15) is 21.6 Å². The number of nitrogens with one attached hydrogen (secondary N) is 1. The first-order chi connectivity index (χ1) is 8.24. The van der Waals surface area contributed by atoms with Gasteiger partial charge < -0.3 is 5.32 Å². The molecule has 1 N–H and O–H groups in total. The van der Waals surface area contributed by atoms with Gasteiger partial charge in [0.2, 0.25) is 0 Å². The van der Waals surface area contributed by atoms with Crippen LogP contribution in [0.2, 0.25) is 0 Å². The summed E-state index contributed by atoms with van der Waals surface area (Å²) in [5.74, 6) is 0. The van der Waals surface area contributed by atoms with Gasteiger partial charge in [-0.25, -0.2) is 0 Å². The molecule has 1 nitrogen and oxygen atoms in total. The highest BCUT2D eigenvalue weighted by molar-refractivity contribution is 7.09. The zero-order valence-electron chi connectivity index (χ0n) is 10.5. The van der Waals surface area contributed by atoms with E-state index >= 15 is 0 Å². The van der Waals surface area contributed by atoms with E-state index < -0.39 is 0 Å². The number of hydrogen-bond acceptors (Lipinski definition) is 2. The maximum Gasteiger partial charge on any atom is 0.0205 e. The third kappa shape index (κ3) is 3.99. The van der Waals surface area contributed by atoms with Gasteiger partial charge in [-0.1, -0.05) is 35.4 Å². The van der Waals surface area contributed by atoms with E-state index in [0.29, 0.717) is 0 Å². The SMILES string of the molecule is Cc1cc(C)cc(CNCCc2cccs2)c1. The topological polar surface area (TPSA) is 12.0 Å². The molecule has 0 fully saturated rings. The molecule has 1 aromatic heterocycles. The molecule has 0 aliphatic heterocycles. The molecule has 0 spiro atoms. The highest BCUT2D eigenvalue weighted by Crippen LogP contribution is 2.10. The molecule has 17 heavy (non-hydrogen) atoms. The Morgan fingerprint density at radius 3 is 2.53 bits per heavy atom. The Bertz CT molecular complexity index is 440. The van der Waals surface area contributed by atoms with E-state index in [-0.39, 0.29) is 0 Å². The quantitative estimate of drug-likeness (QED) is 0.792. The molecule has 0 saturated heterocycles. The van der Waals surface area contributed by atoms with Crippen LogP contribution in [-0.2, 0) is 13.0 Å². The second kappa shape index (κ2) is 5.99. The second-order valence-electron chi connectivity index (χ2n) is 4.50. The Morgan fingerprint density at radius 1 is 1.12 bits per heavy atom. The zero-order valence-corrected chi connectivity index (χ0v) is 11.3. The summed E-state index contributed by atoms with van der Waals surface area (Å²) in [6.07, 6.45) is 1.13. The van der Waals surface area contributed by atoms with Gasteiger partial charge >= 0.3 is 0 Å². The summed E-state index contributed by atoms with van der Waals surface area (Å²) in [4.78, 5) is 1.46. The van der Waals surface area contributed by atoms with Gasteiger partial charge in [-0.15, -0.1) is 11.3 Å². The first kappa shape index (κ1) is 12.3. The monoisotopic (exact) mass is 245 g/mol. The Morgan fingerprint density at radius 2 is 1.88 bits per heavy atom. The van der Waals surface area contributed by atoms with Crippen molar-refractivity contribution in [1.29, 1.82) is 0 Å². The van der Waals surface area contributed by atoms with Crippen molar-refractivity contribution in [3.05, 3.63) is 57.3 Å². The largest absolute Gasteiger partial charge is 0.312 e. The van der Waals surface area contributed by atoms with Crippen LogP contribution < -0.4 is 5.32 Å². The van der Waals surface area contributed by atoms with E-state index in [1.54, 1.807) is 0 Å². The number of benzene rings is 1. The van der Waals surface area contributed by atoms with Gasteiger partial charge in [0.25, 0.3) is 0 Å². The summed E-state index contributed by atoms with van der Waals surface area (Å²) < 4.78 is 0. The van der Waals surface area contributed by atoms with Crippen molar-refractivity contribution >= 4 is 11.3 Å². The van der Waals surface area contributed by atoms with Gasteiger partial charge in [0.05, 0.1) is 0 Å². The fourth-order valence-electron chi connectivity index (χ4n) is 2.07. The molecule has 0 saturated carbocycles. The minimum absolute atomic E-state index is 0.966. The molecule has 1 aromatic carbocycles. The van der Waals surface area contributed by atoms with Crippen molar-refractivity contribution in [3.8, 4) is 0 Å². The second-order valence-corrected chi connectivity index (χ2v) is 5.53. The predicted molar refractivity (Wildman–Crippen MR) is 75.6 cm³/mol. The molecule has 0 aliphatic carbocycles. The van der Waals surface area contributed by atoms with E-state index in [0.717, 1.165) is 19.5 Å². The maximum atomic E-state index is 3.50. The van der Waals surface area contributed by atoms with E-state index in [2.05, 4.69) is 54.9 Å². The molecule has 0 aliphatic rings. The summed E-state index contributed by atoms with van der Waals surface area (Å²) in [5, 5.41) is 5.64. The van der Waals surface area contributed by atoms with Gasteiger partial charge in [-0.3, -0.25) is 0 Å². The zero-order chi connectivity index (χ0) is 12.1. The lowest BCUT2D eigenvalue weighted by Crippen LogP contribution is -2.16. The van der Waals surface area contributed by atoms with Gasteiger partial charge in [-0.05, 0) is 37.3 Å². The Kier molecular flexibility index (Phi) is 4.35. The maximum absolute atomic E-state index is 3.50. The van der Waals surface area contributed by atoms with Crippen LogP contribution in [0, 0.1) is 13.8 Å². The third-order valence-electron chi connectivity index (χ3n) is 2.74. The minimum atomic E-state index is 0.966. The van der Waals surface area contributed by atoms with Crippen LogP contribution in [-0.4, -0.2) is 6.54 Å². The van der Waals surface area contributed by atoms with Crippen molar-refractivity contribution in [2.24, 2.45) is 0 Å². The molecule has 0 radical (unpaired) electrons. The van der Waals surface area contributed by atoms with E-state index in [4.69, 9.17) is 0 Å². The van der Waals surface area contributed by atoms with Gasteiger partial charge in [-0.2, -0.15) is 0 Å². The van der Waals surface area contributed by atoms with E-state index in [1.807, 2.05) is 11.3 Å². The van der Waals surface area contributed by atoms with Crippen molar-refractivity contribution in [1.82, 2.24) is 5.32 Å². The molecule has 0 atom stereocenters. The summed E-state index contributed by atoms with van der Waals surface area (Å²) in [6.45, 7) is 6.33. The molecule has 1 heterocycles. The molecule has 0 bridgehead atoms. The molecule has 2 aromatic rings. The van der Waals surface area contributed by atoms with E-state index in [1.165, 1.54) is 21.6 Å². The van der Waals surface area contributed by atoms with Crippen LogP contribution in [0.5, 0.6) is 0 Å². The molecule has 90 valence electrons. The van der Waals surface area contributed by atoms with Gasteiger partial charge in [0.15, 0.2) is 0 Å². The van der Waals surface area contributed by atoms with Crippen molar-refractivity contribution in [2.75, 3.05) is 6.54 Å². The summed E-state index contributed by atoms with van der Waals surface area (Å²) in [7, 11) is 0. The fraction of sp³-hybridized carbons (Fsp3) is 0.333. The molecule has 0 amide bonds. The van der Waals surface area contributed by atoms with Crippen molar-refractivity contribution in [3.63, 3.8) is 0 Å². The minimum Gasteiger partial charge on any atom is -0.312 e. The first-order valence-electron chi connectivity index (χ1n) is 6.04. The van der Waals surface area contributed by atoms with Crippen LogP contribution in [0.3, 0.4) is 0 Å². The number of hydrogen-bond donors (Lipinski definition) is 1. The summed E-state index contributed by atoms with van der Waals surface area (Å²) in [6, 6.07) is 11.0. The average Bonchev–Trinajstić information content (AvgIpc) is 2.76. The lowest BCUT2D eigenvalue weighted by atomic mass is 10.1. The average molecular weight is 245 g/mol. The Balaban J connectivity index is 1.78.